The number of rotatable bonds is 57. The number of hydrogen-bond acceptors (Lipinski definition) is 6. The fraction of sp³-hybridized carbons (Fsp3) is 0.887. The largest absolute Gasteiger partial charge is 0.756 e. The summed E-state index contributed by atoms with van der Waals surface area (Å²) in [5, 5.41) is 13.9. The van der Waals surface area contributed by atoms with Gasteiger partial charge >= 0.3 is 0 Å². The summed E-state index contributed by atoms with van der Waals surface area (Å²) < 4.78 is 23.3. The molecule has 0 aromatic heterocycles. The molecule has 2 N–H and O–H groups in total. The number of hydrogen-bond donors (Lipinski definition) is 2. The molecule has 71 heavy (non-hydrogen) atoms. The molecule has 0 radical (unpaired) electrons. The Labute approximate surface area is 442 Å². The molecule has 0 fully saturated rings. The molecule has 0 aliphatic rings. The van der Waals surface area contributed by atoms with Crippen LogP contribution < -0.4 is 10.2 Å². The van der Waals surface area contributed by atoms with Gasteiger partial charge in [0.15, 0.2) is 0 Å². The molecule has 0 saturated carbocycles. The lowest BCUT2D eigenvalue weighted by molar-refractivity contribution is -0.870. The van der Waals surface area contributed by atoms with Gasteiger partial charge in [0.2, 0.25) is 5.91 Å². The maximum absolute atomic E-state index is 12.9. The molecule has 0 rings (SSSR count). The van der Waals surface area contributed by atoms with Crippen LogP contribution in [-0.4, -0.2) is 68.5 Å². The Morgan fingerprint density at radius 1 is 0.479 bits per heavy atom. The highest BCUT2D eigenvalue weighted by molar-refractivity contribution is 7.45. The number of likely N-dealkylation sites (N-methyl/N-ethyl adjacent to an activating group) is 1. The summed E-state index contributed by atoms with van der Waals surface area (Å²) in [7, 11) is 1.25. The Kier molecular flexibility index (Phi) is 52.6. The molecule has 0 saturated heterocycles. The first-order valence-electron chi connectivity index (χ1n) is 30.9. The molecular formula is C62H121N2O6P. The predicted molar refractivity (Wildman–Crippen MR) is 307 cm³/mol. The first-order chi connectivity index (χ1) is 34.5. The lowest BCUT2D eigenvalue weighted by Gasteiger charge is -2.29. The SMILES string of the molecule is CCCCCCCC/C=C\CCCCCCCCCC(=O)NC(COP(=O)([O-])OCC[N+](C)(C)C)C(O)/C=C/CC/C=C/CCCCCCCCCCCCCCCCCCCCCCCCCCCC. The molecule has 0 spiro atoms. The molecule has 1 amide bonds. The number of aliphatic hydroxyl groups is 1. The molecule has 9 heteroatoms. The molecule has 0 heterocycles. The first kappa shape index (κ1) is 69.7. The number of carbonyl (C=O) groups is 1. The van der Waals surface area contributed by atoms with E-state index >= 15 is 0 Å². The van der Waals surface area contributed by atoms with E-state index in [2.05, 4.69) is 43.5 Å². The third-order valence-electron chi connectivity index (χ3n) is 14.1. The molecule has 0 aliphatic heterocycles. The summed E-state index contributed by atoms with van der Waals surface area (Å²) in [5.74, 6) is -0.209. The van der Waals surface area contributed by atoms with E-state index in [1.165, 1.54) is 244 Å². The van der Waals surface area contributed by atoms with Crippen LogP contribution in [0.2, 0.25) is 0 Å². The van der Waals surface area contributed by atoms with Gasteiger partial charge in [-0.05, 0) is 57.8 Å². The summed E-state index contributed by atoms with van der Waals surface area (Å²) in [4.78, 5) is 25.5. The number of allylic oxidation sites excluding steroid dienone is 5. The number of unbranched alkanes of at least 4 members (excludes halogenated alkanes) is 40. The van der Waals surface area contributed by atoms with Gasteiger partial charge in [0.25, 0.3) is 7.82 Å². The van der Waals surface area contributed by atoms with Crippen LogP contribution in [0, 0.1) is 0 Å². The smallest absolute Gasteiger partial charge is 0.268 e. The van der Waals surface area contributed by atoms with Crippen molar-refractivity contribution in [1.82, 2.24) is 5.32 Å². The van der Waals surface area contributed by atoms with E-state index in [9.17, 15) is 19.4 Å². The minimum absolute atomic E-state index is 0.00661. The number of nitrogens with zero attached hydrogens (tertiary/aromatic N) is 1. The van der Waals surface area contributed by atoms with Gasteiger partial charge in [-0.1, -0.05) is 275 Å². The average molecular weight is 1020 g/mol. The summed E-state index contributed by atoms with van der Waals surface area (Å²) in [6, 6.07) is -0.906. The van der Waals surface area contributed by atoms with Crippen molar-refractivity contribution in [2.45, 2.75) is 315 Å². The van der Waals surface area contributed by atoms with Crippen molar-refractivity contribution in [2.24, 2.45) is 0 Å². The van der Waals surface area contributed by atoms with E-state index in [0.717, 1.165) is 38.5 Å². The van der Waals surface area contributed by atoms with Crippen molar-refractivity contribution in [3.8, 4) is 0 Å². The number of phosphoric ester groups is 1. The van der Waals surface area contributed by atoms with Crippen LogP contribution in [0.5, 0.6) is 0 Å². The molecule has 0 bridgehead atoms. The van der Waals surface area contributed by atoms with Gasteiger partial charge in [-0.2, -0.15) is 0 Å². The number of aliphatic hydroxyl groups excluding tert-OH is 1. The third kappa shape index (κ3) is 56.3. The van der Waals surface area contributed by atoms with Gasteiger partial charge in [0.1, 0.15) is 13.2 Å². The Bertz CT molecular complexity index is 1250. The number of nitrogens with one attached hydrogen (secondary N) is 1. The van der Waals surface area contributed by atoms with Gasteiger partial charge in [-0.15, -0.1) is 0 Å². The number of carbonyl (C=O) groups excluding carboxylic acids is 1. The van der Waals surface area contributed by atoms with Gasteiger partial charge in [-0.25, -0.2) is 0 Å². The Hall–Kier alpha value is -1.28. The maximum Gasteiger partial charge on any atom is 0.268 e. The lowest BCUT2D eigenvalue weighted by Crippen LogP contribution is -2.45. The van der Waals surface area contributed by atoms with Crippen LogP contribution in [-0.2, 0) is 18.4 Å². The van der Waals surface area contributed by atoms with E-state index in [1.807, 2.05) is 27.2 Å². The second-order valence-corrected chi connectivity index (χ2v) is 23.8. The van der Waals surface area contributed by atoms with Gasteiger partial charge in [0, 0.05) is 6.42 Å². The highest BCUT2D eigenvalue weighted by Crippen LogP contribution is 2.38. The second-order valence-electron chi connectivity index (χ2n) is 22.4. The molecule has 3 unspecified atom stereocenters. The maximum atomic E-state index is 12.9. The number of amides is 1. The van der Waals surface area contributed by atoms with Crippen molar-refractivity contribution in [2.75, 3.05) is 40.9 Å². The van der Waals surface area contributed by atoms with Gasteiger partial charge < -0.3 is 28.8 Å². The third-order valence-corrected chi connectivity index (χ3v) is 15.0. The zero-order chi connectivity index (χ0) is 52.0. The number of quaternary nitrogens is 1. The molecule has 0 aromatic rings. The van der Waals surface area contributed by atoms with E-state index in [1.54, 1.807) is 6.08 Å². The normalized spacial score (nSPS) is 14.1. The predicted octanol–water partition coefficient (Wildman–Crippen LogP) is 18.3. The van der Waals surface area contributed by atoms with Crippen molar-refractivity contribution < 1.29 is 32.9 Å². The summed E-state index contributed by atoms with van der Waals surface area (Å²) >= 11 is 0. The molecule has 420 valence electrons. The van der Waals surface area contributed by atoms with Crippen molar-refractivity contribution in [1.29, 1.82) is 0 Å². The quantitative estimate of drug-likeness (QED) is 0.0272. The van der Waals surface area contributed by atoms with Crippen LogP contribution in [0.4, 0.5) is 0 Å². The summed E-state index contributed by atoms with van der Waals surface area (Å²) in [5.41, 5.74) is 0. The minimum Gasteiger partial charge on any atom is -0.756 e. The van der Waals surface area contributed by atoms with E-state index in [0.29, 0.717) is 17.4 Å². The molecule has 3 atom stereocenters. The fourth-order valence-corrected chi connectivity index (χ4v) is 9.95. The highest BCUT2D eigenvalue weighted by Gasteiger charge is 2.23. The monoisotopic (exact) mass is 1020 g/mol. The van der Waals surface area contributed by atoms with E-state index in [4.69, 9.17) is 9.05 Å². The van der Waals surface area contributed by atoms with Crippen LogP contribution in [0.3, 0.4) is 0 Å². The zero-order valence-electron chi connectivity index (χ0n) is 47.9. The van der Waals surface area contributed by atoms with Gasteiger partial charge in [-0.3, -0.25) is 9.36 Å². The van der Waals surface area contributed by atoms with Crippen LogP contribution in [0.15, 0.2) is 36.5 Å². The van der Waals surface area contributed by atoms with Crippen LogP contribution in [0.25, 0.3) is 0 Å². The van der Waals surface area contributed by atoms with E-state index < -0.39 is 26.6 Å². The van der Waals surface area contributed by atoms with Crippen LogP contribution >= 0.6 is 7.82 Å². The molecule has 0 aliphatic carbocycles. The van der Waals surface area contributed by atoms with Crippen molar-refractivity contribution in [3.05, 3.63) is 36.5 Å². The molecular weight excluding hydrogens is 900 g/mol. The summed E-state index contributed by atoms with van der Waals surface area (Å²) in [6.07, 6.45) is 69.7. The Balaban J connectivity index is 4.12. The topological polar surface area (TPSA) is 108 Å². The standard InChI is InChI=1S/C62H121N2O6P/c1-6-8-10-12-14-16-18-20-22-24-25-26-27-28-29-30-31-32-33-34-35-36-37-38-40-41-43-45-47-49-51-53-55-61(65)60(59-70-71(67,68)69-58-57-64(3,4)5)63-62(66)56-54-52-50-48-46-44-42-39-23-21-19-17-15-13-11-9-7-2/h21,23,45,47,53,55,60-61,65H,6-20,22,24-44,46,48-52,54,56-59H2,1-5H3,(H-,63,66,67,68)/b23-21-,47-45+,55-53+. The minimum atomic E-state index is -4.61. The number of phosphoric acid groups is 1. The van der Waals surface area contributed by atoms with Crippen LogP contribution in [0.1, 0.15) is 303 Å². The average Bonchev–Trinajstić information content (AvgIpc) is 3.33. The lowest BCUT2D eigenvalue weighted by atomic mass is 10.0. The second kappa shape index (κ2) is 53.5. The zero-order valence-corrected chi connectivity index (χ0v) is 48.8. The highest BCUT2D eigenvalue weighted by atomic mass is 31.2. The molecule has 0 aromatic carbocycles. The Morgan fingerprint density at radius 3 is 1.14 bits per heavy atom. The molecule has 8 nitrogen and oxygen atoms in total. The van der Waals surface area contributed by atoms with Crippen molar-refractivity contribution in [3.63, 3.8) is 0 Å². The summed E-state index contributed by atoms with van der Waals surface area (Å²) in [6.45, 7) is 4.66. The first-order valence-corrected chi connectivity index (χ1v) is 32.3. The Morgan fingerprint density at radius 2 is 0.789 bits per heavy atom. The fourth-order valence-electron chi connectivity index (χ4n) is 9.23. The van der Waals surface area contributed by atoms with Gasteiger partial charge in [0.05, 0.1) is 39.9 Å². The van der Waals surface area contributed by atoms with Crippen molar-refractivity contribution >= 4 is 13.7 Å². The van der Waals surface area contributed by atoms with E-state index in [-0.39, 0.29) is 12.5 Å².